The molecule has 2 rings (SSSR count). The lowest BCUT2D eigenvalue weighted by Gasteiger charge is -2.08. The highest BCUT2D eigenvalue weighted by Crippen LogP contribution is 2.28. The highest BCUT2D eigenvalue weighted by molar-refractivity contribution is 7.99. The smallest absolute Gasteiger partial charge is 0.172 e. The van der Waals surface area contributed by atoms with Crippen molar-refractivity contribution in [1.29, 1.82) is 0 Å². The van der Waals surface area contributed by atoms with Gasteiger partial charge in [0.25, 0.3) is 0 Å². The molecule has 0 heterocycles. The fourth-order valence-electron chi connectivity index (χ4n) is 2.72. The van der Waals surface area contributed by atoms with Gasteiger partial charge in [-0.05, 0) is 36.5 Å². The minimum Gasteiger partial charge on any atom is -0.293 e. The molecule has 0 radical (unpaired) electrons. The van der Waals surface area contributed by atoms with E-state index in [9.17, 15) is 4.79 Å². The first kappa shape index (κ1) is 14.6. The maximum absolute atomic E-state index is 12.1. The van der Waals surface area contributed by atoms with Gasteiger partial charge in [-0.15, -0.1) is 0 Å². The Hall–Kier alpha value is -0.760. The van der Waals surface area contributed by atoms with Gasteiger partial charge < -0.3 is 0 Å². The van der Waals surface area contributed by atoms with Crippen LogP contribution in [0.5, 0.6) is 0 Å². The van der Waals surface area contributed by atoms with Crippen molar-refractivity contribution in [2.45, 2.75) is 45.4 Å². The summed E-state index contributed by atoms with van der Waals surface area (Å²) in [5.74, 6) is 2.96. The molecule has 1 aliphatic rings. The van der Waals surface area contributed by atoms with Crippen molar-refractivity contribution >= 4 is 17.5 Å². The van der Waals surface area contributed by atoms with Crippen LogP contribution in [0.1, 0.15) is 54.9 Å². The first-order valence-electron chi connectivity index (χ1n) is 7.49. The number of carbonyl (C=O) groups excluding carboxylic acids is 1. The second-order valence-corrected chi connectivity index (χ2v) is 6.57. The highest BCUT2D eigenvalue weighted by Gasteiger charge is 2.15. The van der Waals surface area contributed by atoms with Crippen LogP contribution < -0.4 is 0 Å². The summed E-state index contributed by atoms with van der Waals surface area (Å²) < 4.78 is 0. The number of carbonyl (C=O) groups is 1. The van der Waals surface area contributed by atoms with Gasteiger partial charge in [0.2, 0.25) is 0 Å². The molecule has 0 amide bonds. The van der Waals surface area contributed by atoms with E-state index in [4.69, 9.17) is 0 Å². The van der Waals surface area contributed by atoms with Crippen LogP contribution >= 0.6 is 11.8 Å². The zero-order valence-electron chi connectivity index (χ0n) is 11.9. The number of benzene rings is 1. The van der Waals surface area contributed by atoms with E-state index in [1.165, 1.54) is 37.0 Å². The predicted octanol–water partition coefficient (Wildman–Crippen LogP) is 4.75. The Bertz CT molecular complexity index is 390. The summed E-state index contributed by atoms with van der Waals surface area (Å²) in [4.78, 5) is 12.1. The number of thioether (sulfide) groups is 1. The Morgan fingerprint density at radius 2 is 1.89 bits per heavy atom. The average Bonchev–Trinajstić information content (AvgIpc) is 2.93. The van der Waals surface area contributed by atoms with E-state index in [1.807, 2.05) is 23.9 Å². The summed E-state index contributed by atoms with van der Waals surface area (Å²) in [6.45, 7) is 2.18. The van der Waals surface area contributed by atoms with Gasteiger partial charge in [-0.1, -0.05) is 50.5 Å². The zero-order chi connectivity index (χ0) is 13.5. The van der Waals surface area contributed by atoms with E-state index >= 15 is 0 Å². The van der Waals surface area contributed by atoms with Crippen molar-refractivity contribution in [2.75, 3.05) is 11.5 Å². The van der Waals surface area contributed by atoms with Crippen molar-refractivity contribution in [3.8, 4) is 0 Å². The van der Waals surface area contributed by atoms with Crippen LogP contribution in [0.15, 0.2) is 24.3 Å². The molecule has 0 atom stereocenters. The number of ketones is 1. The number of Topliss-reactive ketones (excluding diaryl/α,β-unsaturated/α-hetero) is 1. The van der Waals surface area contributed by atoms with Crippen LogP contribution in [0.3, 0.4) is 0 Å². The molecule has 0 N–H and O–H groups in total. The zero-order valence-corrected chi connectivity index (χ0v) is 12.7. The molecule has 1 saturated carbocycles. The molecule has 1 nitrogen and oxygen atoms in total. The van der Waals surface area contributed by atoms with Gasteiger partial charge in [-0.3, -0.25) is 4.79 Å². The standard InChI is InChI=1S/C17H24OS/c1-2-5-14-8-10-16(11-9-14)17(18)13-19-12-15-6-3-4-7-15/h8-11,15H,2-7,12-13H2,1H3. The van der Waals surface area contributed by atoms with Crippen molar-refractivity contribution in [3.63, 3.8) is 0 Å². The first-order valence-corrected chi connectivity index (χ1v) is 8.65. The summed E-state index contributed by atoms with van der Waals surface area (Å²) in [6.07, 6.45) is 7.77. The van der Waals surface area contributed by atoms with E-state index in [-0.39, 0.29) is 5.78 Å². The van der Waals surface area contributed by atoms with Gasteiger partial charge in [0.05, 0.1) is 5.75 Å². The van der Waals surface area contributed by atoms with Gasteiger partial charge in [0.15, 0.2) is 5.78 Å². The lowest BCUT2D eigenvalue weighted by atomic mass is 10.1. The Labute approximate surface area is 121 Å². The third-order valence-electron chi connectivity index (χ3n) is 3.88. The third-order valence-corrected chi connectivity index (χ3v) is 5.05. The fraction of sp³-hybridized carbons (Fsp3) is 0.588. The summed E-state index contributed by atoms with van der Waals surface area (Å²) in [7, 11) is 0. The molecule has 2 heteroatoms. The van der Waals surface area contributed by atoms with Gasteiger partial charge in [0.1, 0.15) is 0 Å². The summed E-state index contributed by atoms with van der Waals surface area (Å²) >= 11 is 1.82. The lowest BCUT2D eigenvalue weighted by molar-refractivity contribution is 0.102. The number of hydrogen-bond donors (Lipinski definition) is 0. The molecule has 0 aliphatic heterocycles. The normalized spacial score (nSPS) is 15.8. The molecule has 0 bridgehead atoms. The summed E-state index contributed by atoms with van der Waals surface area (Å²) in [6, 6.07) is 8.17. The minimum absolute atomic E-state index is 0.283. The molecule has 0 spiro atoms. The van der Waals surface area contributed by atoms with E-state index < -0.39 is 0 Å². The van der Waals surface area contributed by atoms with E-state index in [1.54, 1.807) is 0 Å². The molecule has 1 aromatic carbocycles. The Balaban J connectivity index is 1.75. The molecule has 104 valence electrons. The maximum Gasteiger partial charge on any atom is 0.172 e. The number of rotatable bonds is 7. The fourth-order valence-corrected chi connectivity index (χ4v) is 3.86. The van der Waals surface area contributed by atoms with Gasteiger partial charge in [0, 0.05) is 5.56 Å². The van der Waals surface area contributed by atoms with Crippen LogP contribution in [0.25, 0.3) is 0 Å². The lowest BCUT2D eigenvalue weighted by Crippen LogP contribution is -2.05. The number of hydrogen-bond acceptors (Lipinski definition) is 2. The largest absolute Gasteiger partial charge is 0.293 e. The monoisotopic (exact) mass is 276 g/mol. The van der Waals surface area contributed by atoms with Crippen molar-refractivity contribution in [2.24, 2.45) is 5.92 Å². The van der Waals surface area contributed by atoms with Crippen molar-refractivity contribution in [3.05, 3.63) is 35.4 Å². The summed E-state index contributed by atoms with van der Waals surface area (Å²) in [5, 5.41) is 0. The van der Waals surface area contributed by atoms with Crippen LogP contribution in [-0.4, -0.2) is 17.3 Å². The van der Waals surface area contributed by atoms with Gasteiger partial charge in [-0.2, -0.15) is 11.8 Å². The van der Waals surface area contributed by atoms with Gasteiger partial charge in [-0.25, -0.2) is 0 Å². The molecular weight excluding hydrogens is 252 g/mol. The van der Waals surface area contributed by atoms with Crippen LogP contribution in [0, 0.1) is 5.92 Å². The van der Waals surface area contributed by atoms with Crippen LogP contribution in [0.4, 0.5) is 0 Å². The molecule has 0 aromatic heterocycles. The van der Waals surface area contributed by atoms with Crippen LogP contribution in [0.2, 0.25) is 0 Å². The molecule has 1 fully saturated rings. The van der Waals surface area contributed by atoms with Gasteiger partial charge >= 0.3 is 0 Å². The SMILES string of the molecule is CCCc1ccc(C(=O)CSCC2CCCC2)cc1. The van der Waals surface area contributed by atoms with Crippen molar-refractivity contribution in [1.82, 2.24) is 0 Å². The Morgan fingerprint density at radius 1 is 1.21 bits per heavy atom. The quantitative estimate of drug-likeness (QED) is 0.669. The number of aryl methyl sites for hydroxylation is 1. The van der Waals surface area contributed by atoms with E-state index in [2.05, 4.69) is 19.1 Å². The predicted molar refractivity (Wildman–Crippen MR) is 84.1 cm³/mol. The molecule has 0 saturated heterocycles. The first-order chi connectivity index (χ1) is 9.29. The topological polar surface area (TPSA) is 17.1 Å². The summed E-state index contributed by atoms with van der Waals surface area (Å²) in [5.41, 5.74) is 2.21. The molecule has 1 aliphatic carbocycles. The Morgan fingerprint density at radius 3 is 2.53 bits per heavy atom. The van der Waals surface area contributed by atoms with E-state index in [0.717, 1.165) is 24.3 Å². The second-order valence-electron chi connectivity index (χ2n) is 5.54. The maximum atomic E-state index is 12.1. The van der Waals surface area contributed by atoms with Crippen molar-refractivity contribution < 1.29 is 4.79 Å². The molecule has 0 unspecified atom stereocenters. The molecule has 1 aromatic rings. The minimum atomic E-state index is 0.283. The highest BCUT2D eigenvalue weighted by atomic mass is 32.2. The second kappa shape index (κ2) is 7.74. The third kappa shape index (κ3) is 4.68. The Kier molecular flexibility index (Phi) is 5.96. The average molecular weight is 276 g/mol. The molecular formula is C17H24OS. The van der Waals surface area contributed by atoms with E-state index in [0.29, 0.717) is 5.75 Å². The van der Waals surface area contributed by atoms with Crippen LogP contribution in [-0.2, 0) is 6.42 Å². The molecule has 19 heavy (non-hydrogen) atoms.